The fourth-order valence-electron chi connectivity index (χ4n) is 5.82. The Labute approximate surface area is 212 Å². The molecule has 0 aromatic heterocycles. The molecular weight excluding hydrogens is 436 g/mol. The lowest BCUT2D eigenvalue weighted by atomic mass is 9.70. The number of ether oxygens (including phenoxy) is 2. The molecular formula is C31H46O4. The van der Waals surface area contributed by atoms with Crippen LogP contribution in [-0.2, 0) is 16.0 Å². The summed E-state index contributed by atoms with van der Waals surface area (Å²) in [5.41, 5.74) is 4.07. The molecule has 194 valence electrons. The number of rotatable bonds is 13. The van der Waals surface area contributed by atoms with Crippen molar-refractivity contribution in [2.45, 2.75) is 90.9 Å². The van der Waals surface area contributed by atoms with Crippen molar-refractivity contribution < 1.29 is 19.4 Å². The zero-order valence-corrected chi connectivity index (χ0v) is 22.0. The van der Waals surface area contributed by atoms with Gasteiger partial charge in [0.05, 0.1) is 13.2 Å². The van der Waals surface area contributed by atoms with Crippen LogP contribution in [0.1, 0.15) is 95.6 Å². The van der Waals surface area contributed by atoms with Gasteiger partial charge in [-0.05, 0) is 85.6 Å². The number of carbonyl (C=O) groups is 1. The fraction of sp³-hybridized carbons (Fsp3) is 0.645. The van der Waals surface area contributed by atoms with Crippen molar-refractivity contribution in [3.63, 3.8) is 0 Å². The molecule has 2 aliphatic carbocycles. The van der Waals surface area contributed by atoms with Gasteiger partial charge in [-0.15, -0.1) is 0 Å². The highest BCUT2D eigenvalue weighted by Crippen LogP contribution is 2.42. The number of unbranched alkanes of at least 4 members (excludes halogenated alkanes) is 2. The highest BCUT2D eigenvalue weighted by atomic mass is 16.5. The quantitative estimate of drug-likeness (QED) is 0.182. The summed E-state index contributed by atoms with van der Waals surface area (Å²) in [6, 6.07) is 6.30. The normalized spacial score (nSPS) is 22.4. The highest BCUT2D eigenvalue weighted by molar-refractivity contribution is 5.86. The lowest BCUT2D eigenvalue weighted by Crippen LogP contribution is -2.23. The Bertz CT molecular complexity index is 848. The smallest absolute Gasteiger partial charge is 0.333 e. The first-order chi connectivity index (χ1) is 17.0. The predicted molar refractivity (Wildman–Crippen MR) is 143 cm³/mol. The molecule has 0 aliphatic heterocycles. The lowest BCUT2D eigenvalue weighted by molar-refractivity contribution is -0.138. The van der Waals surface area contributed by atoms with E-state index in [4.69, 9.17) is 14.6 Å². The molecule has 0 radical (unpaired) electrons. The first-order valence-corrected chi connectivity index (χ1v) is 13.9. The van der Waals surface area contributed by atoms with Crippen LogP contribution in [0.3, 0.4) is 0 Å². The molecule has 35 heavy (non-hydrogen) atoms. The van der Waals surface area contributed by atoms with Gasteiger partial charge in [-0.3, -0.25) is 0 Å². The van der Waals surface area contributed by atoms with E-state index in [0.717, 1.165) is 35.5 Å². The number of aliphatic hydroxyl groups excluding tert-OH is 1. The van der Waals surface area contributed by atoms with Gasteiger partial charge < -0.3 is 14.6 Å². The Kier molecular flexibility index (Phi) is 11.4. The zero-order valence-electron chi connectivity index (χ0n) is 22.0. The first kappa shape index (κ1) is 27.5. The van der Waals surface area contributed by atoms with E-state index in [-0.39, 0.29) is 25.8 Å². The van der Waals surface area contributed by atoms with Crippen LogP contribution in [0.4, 0.5) is 0 Å². The van der Waals surface area contributed by atoms with Gasteiger partial charge in [0, 0.05) is 12.0 Å². The van der Waals surface area contributed by atoms with E-state index >= 15 is 0 Å². The largest absolute Gasteiger partial charge is 0.491 e. The molecule has 1 N–H and O–H groups in total. The molecule has 1 aromatic rings. The van der Waals surface area contributed by atoms with Crippen LogP contribution >= 0.6 is 0 Å². The second kappa shape index (κ2) is 14.5. The Morgan fingerprint density at radius 2 is 1.89 bits per heavy atom. The minimum Gasteiger partial charge on any atom is -0.491 e. The van der Waals surface area contributed by atoms with Crippen LogP contribution in [0.15, 0.2) is 36.4 Å². The van der Waals surface area contributed by atoms with Crippen molar-refractivity contribution >= 4 is 11.5 Å². The summed E-state index contributed by atoms with van der Waals surface area (Å²) in [7, 11) is 0. The van der Waals surface area contributed by atoms with E-state index in [1.807, 2.05) is 6.07 Å². The summed E-state index contributed by atoms with van der Waals surface area (Å²) in [5.74, 6) is 3.10. The van der Waals surface area contributed by atoms with E-state index in [1.54, 1.807) is 6.92 Å². The minimum absolute atomic E-state index is 0.0287. The Morgan fingerprint density at radius 3 is 2.54 bits per heavy atom. The van der Waals surface area contributed by atoms with Crippen LogP contribution in [0.2, 0.25) is 0 Å². The van der Waals surface area contributed by atoms with Crippen molar-refractivity contribution in [2.75, 3.05) is 19.8 Å². The maximum Gasteiger partial charge on any atom is 0.333 e. The molecule has 0 bridgehead atoms. The molecule has 0 saturated heterocycles. The second-order valence-corrected chi connectivity index (χ2v) is 10.6. The van der Waals surface area contributed by atoms with Gasteiger partial charge in [-0.2, -0.15) is 0 Å². The number of hydrogen-bond acceptors (Lipinski definition) is 4. The van der Waals surface area contributed by atoms with Crippen LogP contribution in [0.5, 0.6) is 5.75 Å². The second-order valence-electron chi connectivity index (χ2n) is 10.6. The molecule has 4 nitrogen and oxygen atoms in total. The molecule has 0 heterocycles. The molecule has 1 unspecified atom stereocenters. The summed E-state index contributed by atoms with van der Waals surface area (Å²) >= 11 is 0. The first-order valence-electron chi connectivity index (χ1n) is 13.9. The summed E-state index contributed by atoms with van der Waals surface area (Å²) in [4.78, 5) is 11.7. The third kappa shape index (κ3) is 8.52. The highest BCUT2D eigenvalue weighted by Gasteiger charge is 2.28. The van der Waals surface area contributed by atoms with Crippen LogP contribution in [0, 0.1) is 17.8 Å². The molecule has 3 rings (SSSR count). The van der Waals surface area contributed by atoms with Crippen LogP contribution in [-0.4, -0.2) is 30.9 Å². The van der Waals surface area contributed by atoms with Crippen molar-refractivity contribution in [2.24, 2.45) is 17.8 Å². The Morgan fingerprint density at radius 1 is 1.09 bits per heavy atom. The molecule has 1 atom stereocenters. The maximum absolute atomic E-state index is 11.7. The van der Waals surface area contributed by atoms with Crippen LogP contribution < -0.4 is 4.74 Å². The predicted octanol–water partition coefficient (Wildman–Crippen LogP) is 7.29. The maximum atomic E-state index is 11.7. The number of hydrogen-bond donors (Lipinski definition) is 1. The molecule has 4 heteroatoms. The van der Waals surface area contributed by atoms with Gasteiger partial charge in [-0.25, -0.2) is 4.79 Å². The zero-order chi connectivity index (χ0) is 25.0. The SMILES string of the molecule is C=C(C)C(=O)OCCc1cc(C2=CCC(C3CCC(CCCCC)CC3)CC2)ccc1OCCO. The Hall–Kier alpha value is -2.07. The summed E-state index contributed by atoms with van der Waals surface area (Å²) in [6.45, 7) is 8.10. The van der Waals surface area contributed by atoms with Gasteiger partial charge in [0.25, 0.3) is 0 Å². The van der Waals surface area contributed by atoms with E-state index in [2.05, 4.69) is 31.7 Å². The third-order valence-corrected chi connectivity index (χ3v) is 7.96. The van der Waals surface area contributed by atoms with Crippen molar-refractivity contribution in [3.05, 3.63) is 47.6 Å². The molecule has 2 aliphatic rings. The average Bonchev–Trinajstić information content (AvgIpc) is 2.88. The van der Waals surface area contributed by atoms with E-state index in [1.165, 1.54) is 75.3 Å². The van der Waals surface area contributed by atoms with Crippen molar-refractivity contribution in [3.8, 4) is 5.75 Å². The number of allylic oxidation sites excluding steroid dienone is 2. The third-order valence-electron chi connectivity index (χ3n) is 7.96. The number of aliphatic hydroxyl groups is 1. The van der Waals surface area contributed by atoms with E-state index < -0.39 is 0 Å². The molecule has 1 fully saturated rings. The van der Waals surface area contributed by atoms with Crippen molar-refractivity contribution in [1.29, 1.82) is 0 Å². The van der Waals surface area contributed by atoms with Crippen molar-refractivity contribution in [1.82, 2.24) is 0 Å². The standard InChI is InChI=1S/C31H46O4/c1-4-5-6-7-24-8-10-25(11-9-24)26-12-14-27(15-13-26)28-16-17-30(34-21-19-32)29(22-28)18-20-35-31(33)23(2)3/h14,16-17,22,24-26,32H,2,4-13,15,18-21H2,1,3H3. The molecule has 1 saturated carbocycles. The van der Waals surface area contributed by atoms with Gasteiger partial charge >= 0.3 is 5.97 Å². The number of benzene rings is 1. The van der Waals surface area contributed by atoms with Gasteiger partial charge in [-0.1, -0.05) is 64.2 Å². The van der Waals surface area contributed by atoms with Crippen LogP contribution in [0.25, 0.3) is 5.57 Å². The van der Waals surface area contributed by atoms with Gasteiger partial charge in [0.15, 0.2) is 0 Å². The van der Waals surface area contributed by atoms with Gasteiger partial charge in [0.1, 0.15) is 12.4 Å². The molecule has 1 aromatic carbocycles. The number of carbonyl (C=O) groups excluding carboxylic acids is 1. The summed E-state index contributed by atoms with van der Waals surface area (Å²) < 4.78 is 11.1. The topological polar surface area (TPSA) is 55.8 Å². The monoisotopic (exact) mass is 482 g/mol. The van der Waals surface area contributed by atoms with E-state index in [9.17, 15) is 4.79 Å². The summed E-state index contributed by atoms with van der Waals surface area (Å²) in [6.07, 6.45) is 18.0. The van der Waals surface area contributed by atoms with Gasteiger partial charge in [0.2, 0.25) is 0 Å². The Balaban J connectivity index is 1.57. The molecule has 0 amide bonds. The summed E-state index contributed by atoms with van der Waals surface area (Å²) in [5, 5.41) is 9.17. The van der Waals surface area contributed by atoms with E-state index in [0.29, 0.717) is 12.0 Å². The fourth-order valence-corrected chi connectivity index (χ4v) is 5.82. The molecule has 0 spiro atoms. The minimum atomic E-state index is -0.366. The average molecular weight is 483 g/mol. The lowest BCUT2D eigenvalue weighted by Gasteiger charge is -2.35. The number of esters is 1.